The lowest BCUT2D eigenvalue weighted by Crippen LogP contribution is -2.34. The van der Waals surface area contributed by atoms with Gasteiger partial charge in [0.05, 0.1) is 0 Å². The number of aryl methyl sites for hydroxylation is 2. The molecule has 1 aromatic carbocycles. The van der Waals surface area contributed by atoms with Gasteiger partial charge in [-0.2, -0.15) is 0 Å². The van der Waals surface area contributed by atoms with Crippen LogP contribution in [0.15, 0.2) is 18.2 Å². The van der Waals surface area contributed by atoms with Crippen molar-refractivity contribution in [2.45, 2.75) is 33.6 Å². The maximum Gasteiger partial charge on any atom is 0.254 e. The van der Waals surface area contributed by atoms with Gasteiger partial charge in [-0.3, -0.25) is 4.79 Å². The fourth-order valence-corrected chi connectivity index (χ4v) is 2.28. The van der Waals surface area contributed by atoms with Crippen LogP contribution in [0.1, 0.15) is 41.3 Å². The lowest BCUT2D eigenvalue weighted by molar-refractivity contribution is 0.0762. The Kier molecular flexibility index (Phi) is 6.20. The Hall–Kier alpha value is -1.02. The van der Waals surface area contributed by atoms with Crippen LogP contribution in [0.25, 0.3) is 0 Å². The summed E-state index contributed by atoms with van der Waals surface area (Å²) in [6, 6.07) is 5.96. The molecule has 0 saturated heterocycles. The highest BCUT2D eigenvalue weighted by atomic mass is 35.5. The Balaban J connectivity index is 2.94. The first-order valence-electron chi connectivity index (χ1n) is 6.53. The Morgan fingerprint density at radius 2 is 1.83 bits per heavy atom. The van der Waals surface area contributed by atoms with Crippen LogP contribution in [-0.4, -0.2) is 29.8 Å². The lowest BCUT2D eigenvalue weighted by Gasteiger charge is -2.23. The number of carbonyl (C=O) groups is 1. The van der Waals surface area contributed by atoms with E-state index in [1.54, 1.807) is 0 Å². The van der Waals surface area contributed by atoms with Gasteiger partial charge in [-0.25, -0.2) is 0 Å². The molecule has 0 aliphatic rings. The number of hydrogen-bond acceptors (Lipinski definition) is 1. The highest BCUT2D eigenvalue weighted by Crippen LogP contribution is 2.16. The SMILES string of the molecule is CCCCN(CCCl)C(=O)c1c(C)cccc1C. The molecule has 3 heteroatoms. The molecular formula is C15H22ClNO. The van der Waals surface area contributed by atoms with E-state index in [0.717, 1.165) is 36.1 Å². The molecule has 0 aliphatic carbocycles. The van der Waals surface area contributed by atoms with Crippen molar-refractivity contribution in [1.82, 2.24) is 4.90 Å². The third-order valence-corrected chi connectivity index (χ3v) is 3.29. The normalized spacial score (nSPS) is 10.4. The molecule has 0 saturated carbocycles. The van der Waals surface area contributed by atoms with Crippen molar-refractivity contribution in [3.63, 3.8) is 0 Å². The molecule has 1 aromatic rings. The van der Waals surface area contributed by atoms with E-state index in [1.165, 1.54) is 0 Å². The van der Waals surface area contributed by atoms with Crippen molar-refractivity contribution < 1.29 is 4.79 Å². The number of unbranched alkanes of at least 4 members (excludes halogenated alkanes) is 1. The largest absolute Gasteiger partial charge is 0.337 e. The minimum atomic E-state index is 0.111. The van der Waals surface area contributed by atoms with Crippen molar-refractivity contribution in [3.8, 4) is 0 Å². The molecule has 1 rings (SSSR count). The summed E-state index contributed by atoms with van der Waals surface area (Å²) >= 11 is 5.79. The summed E-state index contributed by atoms with van der Waals surface area (Å²) in [6.45, 7) is 7.50. The smallest absolute Gasteiger partial charge is 0.254 e. The molecule has 0 fully saturated rings. The van der Waals surface area contributed by atoms with Gasteiger partial charge in [-0.15, -0.1) is 11.6 Å². The fourth-order valence-electron chi connectivity index (χ4n) is 2.08. The minimum Gasteiger partial charge on any atom is -0.337 e. The second kappa shape index (κ2) is 7.42. The molecule has 0 N–H and O–H groups in total. The second-order valence-corrected chi connectivity index (χ2v) is 4.98. The van der Waals surface area contributed by atoms with Gasteiger partial charge in [0.1, 0.15) is 0 Å². The van der Waals surface area contributed by atoms with Crippen molar-refractivity contribution in [2.75, 3.05) is 19.0 Å². The van der Waals surface area contributed by atoms with E-state index < -0.39 is 0 Å². The molecule has 18 heavy (non-hydrogen) atoms. The third-order valence-electron chi connectivity index (χ3n) is 3.12. The van der Waals surface area contributed by atoms with E-state index in [2.05, 4.69) is 6.92 Å². The molecule has 0 unspecified atom stereocenters. The minimum absolute atomic E-state index is 0.111. The van der Waals surface area contributed by atoms with Crippen LogP contribution < -0.4 is 0 Å². The summed E-state index contributed by atoms with van der Waals surface area (Å²) < 4.78 is 0. The molecule has 1 amide bonds. The summed E-state index contributed by atoms with van der Waals surface area (Å²) in [5.74, 6) is 0.597. The Morgan fingerprint density at radius 3 is 2.33 bits per heavy atom. The fraction of sp³-hybridized carbons (Fsp3) is 0.533. The number of hydrogen-bond donors (Lipinski definition) is 0. The van der Waals surface area contributed by atoms with E-state index in [9.17, 15) is 4.79 Å². The highest BCUT2D eigenvalue weighted by molar-refractivity contribution is 6.18. The highest BCUT2D eigenvalue weighted by Gasteiger charge is 2.18. The first-order chi connectivity index (χ1) is 8.61. The van der Waals surface area contributed by atoms with Gasteiger partial charge in [-0.1, -0.05) is 31.5 Å². The lowest BCUT2D eigenvalue weighted by atomic mass is 10.0. The molecule has 100 valence electrons. The third kappa shape index (κ3) is 3.74. The van der Waals surface area contributed by atoms with Gasteiger partial charge in [-0.05, 0) is 31.4 Å². The summed E-state index contributed by atoms with van der Waals surface area (Å²) in [4.78, 5) is 14.4. The van der Waals surface area contributed by atoms with Crippen molar-refractivity contribution in [2.24, 2.45) is 0 Å². The van der Waals surface area contributed by atoms with Crippen molar-refractivity contribution in [3.05, 3.63) is 34.9 Å². The van der Waals surface area contributed by atoms with Gasteiger partial charge in [0, 0.05) is 24.5 Å². The van der Waals surface area contributed by atoms with E-state index in [0.29, 0.717) is 12.4 Å². The zero-order valence-electron chi connectivity index (χ0n) is 11.5. The average Bonchev–Trinajstić information content (AvgIpc) is 2.34. The Morgan fingerprint density at radius 1 is 1.22 bits per heavy atom. The van der Waals surface area contributed by atoms with Crippen LogP contribution >= 0.6 is 11.6 Å². The molecule has 0 heterocycles. The maximum absolute atomic E-state index is 12.5. The number of benzene rings is 1. The van der Waals surface area contributed by atoms with E-state index in [-0.39, 0.29) is 5.91 Å². The Bertz CT molecular complexity index is 383. The van der Waals surface area contributed by atoms with Crippen molar-refractivity contribution in [1.29, 1.82) is 0 Å². The molecule has 0 aromatic heterocycles. The number of amides is 1. The maximum atomic E-state index is 12.5. The van der Waals surface area contributed by atoms with Crippen molar-refractivity contribution >= 4 is 17.5 Å². The molecule has 0 atom stereocenters. The van der Waals surface area contributed by atoms with E-state index in [4.69, 9.17) is 11.6 Å². The number of halogens is 1. The summed E-state index contributed by atoms with van der Waals surface area (Å²) in [5.41, 5.74) is 2.91. The van der Waals surface area contributed by atoms with Gasteiger partial charge < -0.3 is 4.90 Å². The van der Waals surface area contributed by atoms with Crippen LogP contribution in [0.5, 0.6) is 0 Å². The number of nitrogens with zero attached hydrogens (tertiary/aromatic N) is 1. The number of carbonyl (C=O) groups excluding carboxylic acids is 1. The zero-order chi connectivity index (χ0) is 13.5. The molecule has 0 bridgehead atoms. The molecule has 0 spiro atoms. The van der Waals surface area contributed by atoms with Crippen LogP contribution in [0.2, 0.25) is 0 Å². The molecule has 0 radical (unpaired) electrons. The van der Waals surface area contributed by atoms with Crippen LogP contribution in [0.3, 0.4) is 0 Å². The standard InChI is InChI=1S/C15H22ClNO/c1-4-5-10-17(11-9-16)15(18)14-12(2)7-6-8-13(14)3/h6-8H,4-5,9-11H2,1-3H3. The van der Waals surface area contributed by atoms with E-state index >= 15 is 0 Å². The first-order valence-corrected chi connectivity index (χ1v) is 7.06. The summed E-state index contributed by atoms with van der Waals surface area (Å²) in [6.07, 6.45) is 2.10. The predicted octanol–water partition coefficient (Wildman–Crippen LogP) is 3.78. The first kappa shape index (κ1) is 15.0. The predicted molar refractivity (Wildman–Crippen MR) is 77.4 cm³/mol. The van der Waals surface area contributed by atoms with Crippen LogP contribution in [-0.2, 0) is 0 Å². The van der Waals surface area contributed by atoms with Gasteiger partial charge in [0.15, 0.2) is 0 Å². The average molecular weight is 268 g/mol. The molecular weight excluding hydrogens is 246 g/mol. The Labute approximate surface area is 115 Å². The van der Waals surface area contributed by atoms with Gasteiger partial charge >= 0.3 is 0 Å². The quantitative estimate of drug-likeness (QED) is 0.718. The summed E-state index contributed by atoms with van der Waals surface area (Å²) in [7, 11) is 0. The van der Waals surface area contributed by atoms with Crippen LogP contribution in [0, 0.1) is 13.8 Å². The zero-order valence-corrected chi connectivity index (χ0v) is 12.3. The van der Waals surface area contributed by atoms with Gasteiger partial charge in [0.2, 0.25) is 0 Å². The molecule has 2 nitrogen and oxygen atoms in total. The topological polar surface area (TPSA) is 20.3 Å². The monoisotopic (exact) mass is 267 g/mol. The van der Waals surface area contributed by atoms with Gasteiger partial charge in [0.25, 0.3) is 5.91 Å². The van der Waals surface area contributed by atoms with E-state index in [1.807, 2.05) is 36.9 Å². The van der Waals surface area contributed by atoms with Crippen LogP contribution in [0.4, 0.5) is 0 Å². The summed E-state index contributed by atoms with van der Waals surface area (Å²) in [5, 5.41) is 0. The number of alkyl halides is 1. The molecule has 0 aliphatic heterocycles. The second-order valence-electron chi connectivity index (χ2n) is 4.60. The number of rotatable bonds is 6.